The highest BCUT2D eigenvalue weighted by atomic mass is 35.5. The highest BCUT2D eigenvalue weighted by Crippen LogP contribution is 2.30. The number of carbonyl (C=O) groups is 1. The van der Waals surface area contributed by atoms with Crippen molar-refractivity contribution in [1.82, 2.24) is 9.97 Å². The largest absolute Gasteiger partial charge is 0.493 e. The van der Waals surface area contributed by atoms with Crippen molar-refractivity contribution < 1.29 is 14.3 Å². The Morgan fingerprint density at radius 1 is 1.06 bits per heavy atom. The number of pyridine rings is 1. The minimum absolute atomic E-state index is 0.273. The number of methoxy groups -OCH3 is 1. The number of nitrogens with zero attached hydrogens (tertiary/aromatic N) is 2. The molecule has 1 amide bonds. The summed E-state index contributed by atoms with van der Waals surface area (Å²) in [7, 11) is 1.56. The average molecular weight is 466 g/mol. The van der Waals surface area contributed by atoms with Gasteiger partial charge in [0.25, 0.3) is 5.91 Å². The van der Waals surface area contributed by atoms with Gasteiger partial charge in [0.15, 0.2) is 16.6 Å². The zero-order valence-corrected chi connectivity index (χ0v) is 18.8. The summed E-state index contributed by atoms with van der Waals surface area (Å²) in [4.78, 5) is 22.1. The van der Waals surface area contributed by atoms with Crippen LogP contribution in [0.4, 0.5) is 5.13 Å². The highest BCUT2D eigenvalue weighted by Gasteiger charge is 2.14. The van der Waals surface area contributed by atoms with E-state index in [1.165, 1.54) is 11.3 Å². The molecule has 4 aromatic rings. The van der Waals surface area contributed by atoms with Gasteiger partial charge in [-0.15, -0.1) is 11.3 Å². The van der Waals surface area contributed by atoms with Crippen molar-refractivity contribution in [3.8, 4) is 11.5 Å². The normalized spacial score (nSPS) is 10.6. The first-order chi connectivity index (χ1) is 15.6. The van der Waals surface area contributed by atoms with E-state index in [1.807, 2.05) is 36.4 Å². The molecule has 2 heterocycles. The first kappa shape index (κ1) is 21.8. The lowest BCUT2D eigenvalue weighted by molar-refractivity contribution is 0.102. The van der Waals surface area contributed by atoms with Crippen LogP contribution in [0.1, 0.15) is 26.4 Å². The van der Waals surface area contributed by atoms with Gasteiger partial charge in [-0.1, -0.05) is 23.7 Å². The smallest absolute Gasteiger partial charge is 0.257 e. The van der Waals surface area contributed by atoms with Crippen molar-refractivity contribution >= 4 is 34.0 Å². The van der Waals surface area contributed by atoms with Crippen LogP contribution in [-0.2, 0) is 13.0 Å². The van der Waals surface area contributed by atoms with E-state index in [9.17, 15) is 4.79 Å². The van der Waals surface area contributed by atoms with Gasteiger partial charge in [-0.2, -0.15) is 0 Å². The third kappa shape index (κ3) is 5.63. The molecular weight excluding hydrogens is 446 g/mol. The number of nitrogens with one attached hydrogen (secondary N) is 1. The number of amides is 1. The van der Waals surface area contributed by atoms with Crippen molar-refractivity contribution in [2.24, 2.45) is 0 Å². The van der Waals surface area contributed by atoms with Crippen LogP contribution in [0, 0.1) is 0 Å². The number of benzene rings is 2. The minimum atomic E-state index is -0.273. The quantitative estimate of drug-likeness (QED) is 0.365. The van der Waals surface area contributed by atoms with E-state index in [-0.39, 0.29) is 5.91 Å². The van der Waals surface area contributed by atoms with Gasteiger partial charge in [0.2, 0.25) is 0 Å². The standard InChI is InChI=1S/C24H20ClN3O3S/c1-30-21-6-5-18(13-22(21)31-15-16-7-9-26-10-8-16)23(29)28-24-27-14-20(32-24)12-17-3-2-4-19(25)11-17/h2-11,13-14H,12,15H2,1H3,(H,27,28,29). The van der Waals surface area contributed by atoms with Crippen molar-refractivity contribution in [1.29, 1.82) is 0 Å². The van der Waals surface area contributed by atoms with E-state index in [0.717, 1.165) is 16.0 Å². The number of ether oxygens (including phenoxy) is 2. The van der Waals surface area contributed by atoms with Crippen molar-refractivity contribution in [3.05, 3.63) is 99.8 Å². The molecule has 8 heteroatoms. The van der Waals surface area contributed by atoms with Crippen LogP contribution in [0.25, 0.3) is 0 Å². The van der Waals surface area contributed by atoms with Gasteiger partial charge in [-0.3, -0.25) is 15.1 Å². The van der Waals surface area contributed by atoms with Crippen LogP contribution < -0.4 is 14.8 Å². The van der Waals surface area contributed by atoms with E-state index in [0.29, 0.717) is 40.2 Å². The fourth-order valence-electron chi connectivity index (χ4n) is 3.04. The fourth-order valence-corrected chi connectivity index (χ4v) is 4.09. The molecule has 0 saturated carbocycles. The molecule has 0 radical (unpaired) electrons. The van der Waals surface area contributed by atoms with E-state index in [4.69, 9.17) is 21.1 Å². The van der Waals surface area contributed by atoms with E-state index in [2.05, 4.69) is 15.3 Å². The summed E-state index contributed by atoms with van der Waals surface area (Å²) in [6.45, 7) is 0.337. The SMILES string of the molecule is COc1ccc(C(=O)Nc2ncc(Cc3cccc(Cl)c3)s2)cc1OCc1ccncc1. The molecule has 4 rings (SSSR count). The zero-order valence-electron chi connectivity index (χ0n) is 17.2. The van der Waals surface area contributed by atoms with Gasteiger partial charge in [-0.25, -0.2) is 4.98 Å². The lowest BCUT2D eigenvalue weighted by Crippen LogP contribution is -2.12. The molecule has 2 aromatic heterocycles. The summed E-state index contributed by atoms with van der Waals surface area (Å²) < 4.78 is 11.2. The summed E-state index contributed by atoms with van der Waals surface area (Å²) in [5.74, 6) is 0.761. The molecule has 0 unspecified atom stereocenters. The van der Waals surface area contributed by atoms with Gasteiger partial charge >= 0.3 is 0 Å². The number of rotatable bonds is 8. The maximum absolute atomic E-state index is 12.8. The molecule has 0 aliphatic carbocycles. The molecule has 0 atom stereocenters. The van der Waals surface area contributed by atoms with Crippen molar-refractivity contribution in [3.63, 3.8) is 0 Å². The molecule has 2 aromatic carbocycles. The summed E-state index contributed by atoms with van der Waals surface area (Å²) >= 11 is 7.48. The Morgan fingerprint density at radius 3 is 2.69 bits per heavy atom. The lowest BCUT2D eigenvalue weighted by atomic mass is 10.1. The van der Waals surface area contributed by atoms with Gasteiger partial charge in [0.1, 0.15) is 6.61 Å². The monoisotopic (exact) mass is 465 g/mol. The lowest BCUT2D eigenvalue weighted by Gasteiger charge is -2.12. The average Bonchev–Trinajstić information content (AvgIpc) is 3.24. The second-order valence-electron chi connectivity index (χ2n) is 6.90. The molecule has 0 bridgehead atoms. The van der Waals surface area contributed by atoms with Crippen LogP contribution in [0.3, 0.4) is 0 Å². The minimum Gasteiger partial charge on any atom is -0.493 e. The number of aromatic nitrogens is 2. The Morgan fingerprint density at radius 2 is 1.91 bits per heavy atom. The molecule has 0 saturated heterocycles. The Labute approximate surface area is 194 Å². The number of carbonyl (C=O) groups excluding carboxylic acids is 1. The Kier molecular flexibility index (Phi) is 6.99. The topological polar surface area (TPSA) is 73.3 Å². The van der Waals surface area contributed by atoms with Gasteiger partial charge < -0.3 is 9.47 Å². The van der Waals surface area contributed by atoms with E-state index >= 15 is 0 Å². The summed E-state index contributed by atoms with van der Waals surface area (Å²) in [6.07, 6.45) is 5.87. The van der Waals surface area contributed by atoms with Gasteiger partial charge in [-0.05, 0) is 53.6 Å². The fraction of sp³-hybridized carbons (Fsp3) is 0.125. The predicted octanol–water partition coefficient (Wildman–Crippen LogP) is 5.62. The first-order valence-corrected chi connectivity index (χ1v) is 11.0. The number of thiazole rings is 1. The predicted molar refractivity (Wildman–Crippen MR) is 126 cm³/mol. The Hall–Kier alpha value is -3.42. The van der Waals surface area contributed by atoms with Crippen molar-refractivity contribution in [2.45, 2.75) is 13.0 Å². The van der Waals surface area contributed by atoms with Crippen LogP contribution in [0.15, 0.2) is 73.2 Å². The number of anilines is 1. The van der Waals surface area contributed by atoms with E-state index in [1.54, 1.807) is 43.9 Å². The number of hydrogen-bond donors (Lipinski definition) is 1. The van der Waals surface area contributed by atoms with Gasteiger partial charge in [0.05, 0.1) is 7.11 Å². The molecule has 162 valence electrons. The summed E-state index contributed by atoms with van der Waals surface area (Å²) in [5, 5.41) is 4.08. The van der Waals surface area contributed by atoms with Crippen LogP contribution in [0.2, 0.25) is 5.02 Å². The molecule has 0 fully saturated rings. The molecule has 0 aliphatic rings. The second-order valence-corrected chi connectivity index (χ2v) is 8.45. The van der Waals surface area contributed by atoms with Gasteiger partial charge in [0, 0.05) is 40.5 Å². The van der Waals surface area contributed by atoms with Crippen LogP contribution in [0.5, 0.6) is 11.5 Å². The molecule has 0 spiro atoms. The van der Waals surface area contributed by atoms with E-state index < -0.39 is 0 Å². The molecule has 0 aliphatic heterocycles. The maximum atomic E-state index is 12.8. The molecule has 6 nitrogen and oxygen atoms in total. The van der Waals surface area contributed by atoms with Crippen molar-refractivity contribution in [2.75, 3.05) is 12.4 Å². The third-order valence-electron chi connectivity index (χ3n) is 4.61. The zero-order chi connectivity index (χ0) is 22.3. The van der Waals surface area contributed by atoms with Crippen LogP contribution >= 0.6 is 22.9 Å². The molecular formula is C24H20ClN3O3S. The molecule has 32 heavy (non-hydrogen) atoms. The third-order valence-corrected chi connectivity index (χ3v) is 5.76. The summed E-state index contributed by atoms with van der Waals surface area (Å²) in [5.41, 5.74) is 2.50. The number of hydrogen-bond acceptors (Lipinski definition) is 6. The van der Waals surface area contributed by atoms with Crippen LogP contribution in [-0.4, -0.2) is 23.0 Å². The second kappa shape index (κ2) is 10.3. The Bertz CT molecular complexity index is 1210. The first-order valence-electron chi connectivity index (χ1n) is 9.81. The Balaban J connectivity index is 1.43. The molecule has 1 N–H and O–H groups in total. The maximum Gasteiger partial charge on any atom is 0.257 e. The number of halogens is 1. The summed E-state index contributed by atoms with van der Waals surface area (Å²) in [6, 6.07) is 16.5. The highest BCUT2D eigenvalue weighted by molar-refractivity contribution is 7.15.